The van der Waals surface area contributed by atoms with Crippen LogP contribution in [0.2, 0.25) is 0 Å². The van der Waals surface area contributed by atoms with Gasteiger partial charge < -0.3 is 10.4 Å². The molecule has 0 saturated carbocycles. The van der Waals surface area contributed by atoms with Gasteiger partial charge in [-0.15, -0.1) is 0 Å². The third-order valence-corrected chi connectivity index (χ3v) is 4.80. The summed E-state index contributed by atoms with van der Waals surface area (Å²) in [5.74, 6) is -0.243. The molecule has 3 heteroatoms. The highest BCUT2D eigenvalue weighted by molar-refractivity contribution is 5.71. The van der Waals surface area contributed by atoms with E-state index in [0.717, 1.165) is 13.0 Å². The molecule has 0 aromatic heterocycles. The zero-order chi connectivity index (χ0) is 14.1. The smallest absolute Gasteiger partial charge is 0.307 e. The normalized spacial score (nSPS) is 35.8. The van der Waals surface area contributed by atoms with Crippen molar-refractivity contribution >= 4 is 5.97 Å². The van der Waals surface area contributed by atoms with Gasteiger partial charge in [0.25, 0.3) is 0 Å². The number of carboxylic acids is 1. The van der Waals surface area contributed by atoms with E-state index in [9.17, 15) is 9.90 Å². The summed E-state index contributed by atoms with van der Waals surface area (Å²) in [5, 5.41) is 13.1. The molecule has 1 saturated heterocycles. The highest BCUT2D eigenvalue weighted by Crippen LogP contribution is 2.40. The van der Waals surface area contributed by atoms with Gasteiger partial charge in [0.05, 0.1) is 5.92 Å². The lowest BCUT2D eigenvalue weighted by Crippen LogP contribution is -2.41. The maximum Gasteiger partial charge on any atom is 0.307 e. The molecule has 0 radical (unpaired) electrons. The largest absolute Gasteiger partial charge is 0.481 e. The van der Waals surface area contributed by atoms with Crippen LogP contribution in [0, 0.1) is 23.7 Å². The second-order valence-electron chi connectivity index (χ2n) is 6.05. The van der Waals surface area contributed by atoms with Crippen LogP contribution in [0.3, 0.4) is 0 Å². The van der Waals surface area contributed by atoms with Crippen molar-refractivity contribution in [2.45, 2.75) is 19.4 Å². The third-order valence-electron chi connectivity index (χ3n) is 4.80. The first-order valence-corrected chi connectivity index (χ1v) is 7.35. The molecule has 0 amide bonds. The SMILES string of the molecule is C[C@H]1C=C[C@H]2CN[C@@H](Cc3ccccc3)[C@@H]2[C@H]1C(=O)O. The molecule has 1 heterocycles. The Kier molecular flexibility index (Phi) is 3.62. The number of hydrogen-bond donors (Lipinski definition) is 2. The van der Waals surface area contributed by atoms with Gasteiger partial charge in [0.2, 0.25) is 0 Å². The van der Waals surface area contributed by atoms with E-state index < -0.39 is 5.97 Å². The first kappa shape index (κ1) is 13.4. The zero-order valence-corrected chi connectivity index (χ0v) is 11.7. The van der Waals surface area contributed by atoms with Gasteiger partial charge in [0, 0.05) is 12.6 Å². The predicted octanol–water partition coefficient (Wildman–Crippen LogP) is 2.34. The van der Waals surface area contributed by atoms with Gasteiger partial charge in [-0.05, 0) is 29.7 Å². The Morgan fingerprint density at radius 3 is 2.75 bits per heavy atom. The van der Waals surface area contributed by atoms with Crippen LogP contribution in [0.25, 0.3) is 0 Å². The molecule has 0 bridgehead atoms. The third kappa shape index (κ3) is 2.38. The molecule has 2 N–H and O–H groups in total. The number of nitrogens with one attached hydrogen (secondary N) is 1. The fourth-order valence-corrected chi connectivity index (χ4v) is 3.82. The van der Waals surface area contributed by atoms with Crippen LogP contribution in [-0.2, 0) is 11.2 Å². The summed E-state index contributed by atoms with van der Waals surface area (Å²) in [6, 6.07) is 10.6. The number of allylic oxidation sites excluding steroid dienone is 1. The molecular formula is C17H21NO2. The van der Waals surface area contributed by atoms with Crippen LogP contribution in [0.15, 0.2) is 42.5 Å². The lowest BCUT2D eigenvalue weighted by Gasteiger charge is -2.34. The summed E-state index contributed by atoms with van der Waals surface area (Å²) < 4.78 is 0. The van der Waals surface area contributed by atoms with E-state index in [2.05, 4.69) is 29.6 Å². The maximum atomic E-state index is 11.6. The first-order chi connectivity index (χ1) is 9.66. The van der Waals surface area contributed by atoms with Crippen molar-refractivity contribution in [3.05, 3.63) is 48.0 Å². The molecule has 2 aliphatic rings. The van der Waals surface area contributed by atoms with Crippen molar-refractivity contribution < 1.29 is 9.90 Å². The van der Waals surface area contributed by atoms with Crippen molar-refractivity contribution in [2.24, 2.45) is 23.7 Å². The second-order valence-corrected chi connectivity index (χ2v) is 6.05. The maximum absolute atomic E-state index is 11.6. The molecule has 1 aliphatic carbocycles. The molecule has 1 aliphatic heterocycles. The van der Waals surface area contributed by atoms with Gasteiger partial charge >= 0.3 is 5.97 Å². The Morgan fingerprint density at radius 2 is 2.05 bits per heavy atom. The Labute approximate surface area is 119 Å². The van der Waals surface area contributed by atoms with Crippen molar-refractivity contribution in [1.29, 1.82) is 0 Å². The molecule has 3 nitrogen and oxygen atoms in total. The first-order valence-electron chi connectivity index (χ1n) is 7.35. The number of benzene rings is 1. The number of rotatable bonds is 3. The highest BCUT2D eigenvalue weighted by Gasteiger charge is 2.46. The molecule has 3 rings (SSSR count). The van der Waals surface area contributed by atoms with E-state index >= 15 is 0 Å². The van der Waals surface area contributed by atoms with E-state index in [0.29, 0.717) is 5.92 Å². The Balaban J connectivity index is 1.83. The Hall–Kier alpha value is -1.61. The summed E-state index contributed by atoms with van der Waals surface area (Å²) in [5.41, 5.74) is 1.27. The van der Waals surface area contributed by atoms with E-state index in [-0.39, 0.29) is 23.8 Å². The van der Waals surface area contributed by atoms with Crippen molar-refractivity contribution in [3.63, 3.8) is 0 Å². The fraction of sp³-hybridized carbons (Fsp3) is 0.471. The van der Waals surface area contributed by atoms with Crippen LogP contribution in [-0.4, -0.2) is 23.7 Å². The Morgan fingerprint density at radius 1 is 1.30 bits per heavy atom. The minimum Gasteiger partial charge on any atom is -0.481 e. The fourth-order valence-electron chi connectivity index (χ4n) is 3.82. The minimum absolute atomic E-state index is 0.118. The second kappa shape index (κ2) is 5.41. The summed E-state index contributed by atoms with van der Waals surface area (Å²) >= 11 is 0. The van der Waals surface area contributed by atoms with Gasteiger partial charge in [-0.1, -0.05) is 49.4 Å². The zero-order valence-electron chi connectivity index (χ0n) is 11.7. The number of hydrogen-bond acceptors (Lipinski definition) is 2. The van der Waals surface area contributed by atoms with Crippen molar-refractivity contribution in [2.75, 3.05) is 6.54 Å². The quantitative estimate of drug-likeness (QED) is 0.830. The van der Waals surface area contributed by atoms with E-state index in [1.807, 2.05) is 25.1 Å². The van der Waals surface area contributed by atoms with E-state index in [1.165, 1.54) is 5.56 Å². The van der Waals surface area contributed by atoms with E-state index in [1.54, 1.807) is 0 Å². The molecule has 1 fully saturated rings. The minimum atomic E-state index is -0.654. The lowest BCUT2D eigenvalue weighted by molar-refractivity contribution is -0.146. The standard InChI is InChI=1S/C17H21NO2/c1-11-7-8-13-10-18-14(16(13)15(11)17(19)20)9-12-5-3-2-4-6-12/h2-8,11,13-16,18H,9-10H2,1H3,(H,19,20)/t11-,13-,14-,15-,16+/m0/s1. The van der Waals surface area contributed by atoms with Gasteiger partial charge in [0.1, 0.15) is 0 Å². The number of fused-ring (bicyclic) bond motifs is 1. The average Bonchev–Trinajstić information content (AvgIpc) is 2.82. The summed E-state index contributed by atoms with van der Waals surface area (Å²) in [6.45, 7) is 2.92. The summed E-state index contributed by atoms with van der Waals surface area (Å²) in [6.07, 6.45) is 5.20. The van der Waals surface area contributed by atoms with Crippen molar-refractivity contribution in [3.8, 4) is 0 Å². The highest BCUT2D eigenvalue weighted by atomic mass is 16.4. The van der Waals surface area contributed by atoms with Crippen LogP contribution in [0.4, 0.5) is 0 Å². The molecule has 0 spiro atoms. The molecule has 1 aromatic carbocycles. The molecule has 1 aromatic rings. The molecule has 0 unspecified atom stereocenters. The van der Waals surface area contributed by atoms with Crippen LogP contribution >= 0.6 is 0 Å². The summed E-state index contributed by atoms with van der Waals surface area (Å²) in [7, 11) is 0. The molecule has 106 valence electrons. The topological polar surface area (TPSA) is 49.3 Å². The number of carbonyl (C=O) groups is 1. The summed E-state index contributed by atoms with van der Waals surface area (Å²) in [4.78, 5) is 11.6. The van der Waals surface area contributed by atoms with Crippen LogP contribution in [0.5, 0.6) is 0 Å². The van der Waals surface area contributed by atoms with Crippen molar-refractivity contribution in [1.82, 2.24) is 5.32 Å². The van der Waals surface area contributed by atoms with Gasteiger partial charge in [-0.25, -0.2) is 0 Å². The number of aliphatic carboxylic acids is 1. The Bertz CT molecular complexity index is 511. The van der Waals surface area contributed by atoms with E-state index in [4.69, 9.17) is 0 Å². The molecule has 5 atom stereocenters. The van der Waals surface area contributed by atoms with Gasteiger partial charge in [-0.3, -0.25) is 4.79 Å². The van der Waals surface area contributed by atoms with Crippen LogP contribution in [0.1, 0.15) is 12.5 Å². The lowest BCUT2D eigenvalue weighted by atomic mass is 9.69. The van der Waals surface area contributed by atoms with Crippen LogP contribution < -0.4 is 5.32 Å². The van der Waals surface area contributed by atoms with Gasteiger partial charge in [-0.2, -0.15) is 0 Å². The monoisotopic (exact) mass is 271 g/mol. The number of carboxylic acid groups (broad SMARTS) is 1. The average molecular weight is 271 g/mol. The molecular weight excluding hydrogens is 250 g/mol. The predicted molar refractivity (Wildman–Crippen MR) is 78.3 cm³/mol. The molecule has 20 heavy (non-hydrogen) atoms. The van der Waals surface area contributed by atoms with Gasteiger partial charge in [0.15, 0.2) is 0 Å².